The molecule has 2 heterocycles. The van der Waals surface area contributed by atoms with Gasteiger partial charge in [-0.05, 0) is 12.1 Å². The van der Waals surface area contributed by atoms with Crippen molar-refractivity contribution in [2.45, 2.75) is 0 Å². The van der Waals surface area contributed by atoms with Gasteiger partial charge in [0, 0.05) is 24.0 Å². The van der Waals surface area contributed by atoms with Crippen LogP contribution in [0.2, 0.25) is 0 Å². The monoisotopic (exact) mass is 210 g/mol. The van der Waals surface area contributed by atoms with Crippen LogP contribution in [0, 0.1) is 0 Å². The number of hydrogen-bond donors (Lipinski definition) is 0. The van der Waals surface area contributed by atoms with Crippen molar-refractivity contribution in [2.75, 3.05) is 0 Å². The largest absolute Gasteiger partial charge is 0.245 e. The SMILES string of the molecule is c1ccc2ncncc2c1.c1cncnc1. The van der Waals surface area contributed by atoms with Crippen LogP contribution < -0.4 is 0 Å². The lowest BCUT2D eigenvalue weighted by molar-refractivity contribution is 1.17. The number of hydrogen-bond acceptors (Lipinski definition) is 4. The predicted molar refractivity (Wildman–Crippen MR) is 61.6 cm³/mol. The Hall–Kier alpha value is -2.36. The van der Waals surface area contributed by atoms with Crippen molar-refractivity contribution in [1.82, 2.24) is 19.9 Å². The molecule has 0 N–H and O–H groups in total. The molecule has 78 valence electrons. The summed E-state index contributed by atoms with van der Waals surface area (Å²) in [5.74, 6) is 0. The summed E-state index contributed by atoms with van der Waals surface area (Å²) in [6, 6.07) is 9.69. The zero-order valence-electron chi connectivity index (χ0n) is 8.56. The number of rotatable bonds is 0. The molecular formula is C12H10N4. The van der Waals surface area contributed by atoms with E-state index in [1.807, 2.05) is 30.5 Å². The van der Waals surface area contributed by atoms with Gasteiger partial charge in [-0.2, -0.15) is 0 Å². The molecule has 0 fully saturated rings. The highest BCUT2D eigenvalue weighted by molar-refractivity contribution is 5.76. The first-order chi connectivity index (χ1) is 7.97. The maximum absolute atomic E-state index is 4.07. The number of aromatic nitrogens is 4. The highest BCUT2D eigenvalue weighted by Gasteiger charge is 1.87. The number of benzene rings is 1. The second kappa shape index (κ2) is 5.50. The van der Waals surface area contributed by atoms with Crippen molar-refractivity contribution in [3.05, 3.63) is 61.6 Å². The van der Waals surface area contributed by atoms with E-state index in [-0.39, 0.29) is 0 Å². The summed E-state index contributed by atoms with van der Waals surface area (Å²) in [6.45, 7) is 0. The van der Waals surface area contributed by atoms with Crippen LogP contribution in [-0.4, -0.2) is 19.9 Å². The van der Waals surface area contributed by atoms with E-state index in [1.54, 1.807) is 24.8 Å². The molecule has 0 aliphatic rings. The molecule has 3 rings (SSSR count). The Bertz CT molecular complexity index is 447. The molecule has 1 aromatic carbocycles. The van der Waals surface area contributed by atoms with E-state index in [0.29, 0.717) is 0 Å². The molecule has 0 aliphatic heterocycles. The minimum absolute atomic E-state index is 0.998. The van der Waals surface area contributed by atoms with Gasteiger partial charge in [-0.1, -0.05) is 18.2 Å². The summed E-state index contributed by atoms with van der Waals surface area (Å²) >= 11 is 0. The smallest absolute Gasteiger partial charge is 0.116 e. The standard InChI is InChI=1S/C8H6N2.C4H4N2/c1-2-4-8-7(3-1)5-9-6-10-8;1-2-5-4-6-3-1/h1-6H;1-4H. The van der Waals surface area contributed by atoms with Gasteiger partial charge in [0.25, 0.3) is 0 Å². The molecular weight excluding hydrogens is 200 g/mol. The molecule has 0 aliphatic carbocycles. The van der Waals surface area contributed by atoms with Crippen LogP contribution >= 0.6 is 0 Å². The normalized spacial score (nSPS) is 9.25. The second-order valence-corrected chi connectivity index (χ2v) is 2.99. The van der Waals surface area contributed by atoms with Gasteiger partial charge in [0.05, 0.1) is 5.52 Å². The molecule has 2 aromatic heterocycles. The first-order valence-electron chi connectivity index (χ1n) is 4.81. The number of para-hydroxylation sites is 1. The predicted octanol–water partition coefficient (Wildman–Crippen LogP) is 2.11. The van der Waals surface area contributed by atoms with Crippen LogP contribution in [0.5, 0.6) is 0 Å². The molecule has 0 amide bonds. The van der Waals surface area contributed by atoms with Gasteiger partial charge in [-0.15, -0.1) is 0 Å². The fourth-order valence-corrected chi connectivity index (χ4v) is 1.18. The Morgan fingerprint density at radius 3 is 2.19 bits per heavy atom. The Morgan fingerprint density at radius 2 is 1.56 bits per heavy atom. The Kier molecular flexibility index (Phi) is 3.50. The number of nitrogens with zero attached hydrogens (tertiary/aromatic N) is 4. The van der Waals surface area contributed by atoms with Crippen molar-refractivity contribution in [1.29, 1.82) is 0 Å². The Labute approximate surface area is 93.1 Å². The van der Waals surface area contributed by atoms with Crippen LogP contribution in [-0.2, 0) is 0 Å². The molecule has 16 heavy (non-hydrogen) atoms. The maximum Gasteiger partial charge on any atom is 0.116 e. The van der Waals surface area contributed by atoms with Crippen molar-refractivity contribution in [3.8, 4) is 0 Å². The molecule has 4 heteroatoms. The van der Waals surface area contributed by atoms with Crippen LogP contribution in [0.3, 0.4) is 0 Å². The van der Waals surface area contributed by atoms with Gasteiger partial charge < -0.3 is 0 Å². The summed E-state index contributed by atoms with van der Waals surface area (Å²) in [5, 5.41) is 1.09. The molecule has 0 saturated heterocycles. The van der Waals surface area contributed by atoms with Crippen LogP contribution in [0.25, 0.3) is 10.9 Å². The molecule has 0 unspecified atom stereocenters. The highest BCUT2D eigenvalue weighted by atomic mass is 14.8. The van der Waals surface area contributed by atoms with Crippen molar-refractivity contribution < 1.29 is 0 Å². The molecule has 3 aromatic rings. The maximum atomic E-state index is 4.07. The highest BCUT2D eigenvalue weighted by Crippen LogP contribution is 2.06. The van der Waals surface area contributed by atoms with Gasteiger partial charge in [0.2, 0.25) is 0 Å². The zero-order valence-corrected chi connectivity index (χ0v) is 8.56. The minimum atomic E-state index is 0.998. The van der Waals surface area contributed by atoms with Crippen LogP contribution in [0.4, 0.5) is 0 Å². The molecule has 0 spiro atoms. The quantitative estimate of drug-likeness (QED) is 0.570. The van der Waals surface area contributed by atoms with E-state index in [9.17, 15) is 0 Å². The summed E-state index contributed by atoms with van der Waals surface area (Å²) in [4.78, 5) is 15.3. The fourth-order valence-electron chi connectivity index (χ4n) is 1.18. The third kappa shape index (κ3) is 2.81. The van der Waals surface area contributed by atoms with E-state index < -0.39 is 0 Å². The Morgan fingerprint density at radius 1 is 0.750 bits per heavy atom. The lowest BCUT2D eigenvalue weighted by Crippen LogP contribution is -1.77. The van der Waals surface area contributed by atoms with E-state index in [0.717, 1.165) is 10.9 Å². The van der Waals surface area contributed by atoms with Gasteiger partial charge in [0.15, 0.2) is 0 Å². The van der Waals surface area contributed by atoms with Gasteiger partial charge >= 0.3 is 0 Å². The molecule has 0 saturated carbocycles. The average Bonchev–Trinajstić information content (AvgIpc) is 2.42. The third-order valence-corrected chi connectivity index (χ3v) is 1.89. The average molecular weight is 210 g/mol. The lowest BCUT2D eigenvalue weighted by atomic mass is 10.2. The van der Waals surface area contributed by atoms with E-state index >= 15 is 0 Å². The minimum Gasteiger partial charge on any atom is -0.245 e. The first kappa shape index (κ1) is 10.2. The van der Waals surface area contributed by atoms with E-state index in [4.69, 9.17) is 0 Å². The van der Waals surface area contributed by atoms with E-state index in [2.05, 4.69) is 19.9 Å². The molecule has 4 nitrogen and oxygen atoms in total. The molecule has 0 bridgehead atoms. The van der Waals surface area contributed by atoms with Gasteiger partial charge in [0.1, 0.15) is 12.7 Å². The van der Waals surface area contributed by atoms with Crippen molar-refractivity contribution in [3.63, 3.8) is 0 Å². The van der Waals surface area contributed by atoms with Gasteiger partial charge in [-0.25, -0.2) is 19.9 Å². The Balaban J connectivity index is 0.000000138. The second-order valence-electron chi connectivity index (χ2n) is 2.99. The summed E-state index contributed by atoms with van der Waals surface area (Å²) in [6.07, 6.45) is 8.24. The van der Waals surface area contributed by atoms with Crippen molar-refractivity contribution in [2.24, 2.45) is 0 Å². The van der Waals surface area contributed by atoms with Gasteiger partial charge in [-0.3, -0.25) is 0 Å². The zero-order chi connectivity index (χ0) is 11.1. The topological polar surface area (TPSA) is 51.6 Å². The lowest BCUT2D eigenvalue weighted by Gasteiger charge is -1.90. The first-order valence-corrected chi connectivity index (χ1v) is 4.81. The molecule has 0 atom stereocenters. The molecule has 0 radical (unpaired) electrons. The number of fused-ring (bicyclic) bond motifs is 1. The van der Waals surface area contributed by atoms with E-state index in [1.165, 1.54) is 6.33 Å². The third-order valence-electron chi connectivity index (χ3n) is 1.89. The fraction of sp³-hybridized carbons (Fsp3) is 0. The summed E-state index contributed by atoms with van der Waals surface area (Å²) < 4.78 is 0. The van der Waals surface area contributed by atoms with Crippen LogP contribution in [0.15, 0.2) is 61.6 Å². The summed E-state index contributed by atoms with van der Waals surface area (Å²) in [7, 11) is 0. The summed E-state index contributed by atoms with van der Waals surface area (Å²) in [5.41, 5.74) is 0.998. The van der Waals surface area contributed by atoms with Crippen LogP contribution in [0.1, 0.15) is 0 Å². The van der Waals surface area contributed by atoms with Crippen molar-refractivity contribution >= 4 is 10.9 Å².